The molecule has 0 saturated carbocycles. The van der Waals surface area contributed by atoms with E-state index in [1.54, 1.807) is 13.1 Å². The van der Waals surface area contributed by atoms with Crippen molar-refractivity contribution in [3.8, 4) is 16.9 Å². The highest BCUT2D eigenvalue weighted by atomic mass is 35.5. The lowest BCUT2D eigenvalue weighted by Crippen LogP contribution is -2.37. The monoisotopic (exact) mass is 496 g/mol. The SMILES string of the molecule is Cc1cc(Cl)cc(-c2ccnc3cc(Cn4c(=O)[nH]cc(C)c4=O)sc23)c1O[C@H]1CCCNC1. The zero-order valence-corrected chi connectivity index (χ0v) is 20.6. The van der Waals surface area contributed by atoms with Crippen molar-refractivity contribution in [2.24, 2.45) is 0 Å². The Kier molecular flexibility index (Phi) is 6.29. The molecule has 0 bridgehead atoms. The molecular weight excluding hydrogens is 472 g/mol. The van der Waals surface area contributed by atoms with Gasteiger partial charge in [0.05, 0.1) is 16.8 Å². The second-order valence-corrected chi connectivity index (χ2v) is 10.2. The lowest BCUT2D eigenvalue weighted by atomic mass is 10.0. The molecule has 2 N–H and O–H groups in total. The number of aromatic nitrogens is 3. The first-order valence-electron chi connectivity index (χ1n) is 11.2. The molecule has 3 aromatic heterocycles. The van der Waals surface area contributed by atoms with E-state index in [1.807, 2.05) is 31.2 Å². The number of fused-ring (bicyclic) bond motifs is 1. The van der Waals surface area contributed by atoms with Gasteiger partial charge in [0.15, 0.2) is 0 Å². The summed E-state index contributed by atoms with van der Waals surface area (Å²) in [6.07, 6.45) is 5.39. The van der Waals surface area contributed by atoms with Gasteiger partial charge in [0.1, 0.15) is 11.9 Å². The summed E-state index contributed by atoms with van der Waals surface area (Å²) in [6, 6.07) is 7.75. The molecule has 34 heavy (non-hydrogen) atoms. The normalized spacial score (nSPS) is 16.1. The Balaban J connectivity index is 1.59. The zero-order valence-electron chi connectivity index (χ0n) is 19.0. The van der Waals surface area contributed by atoms with E-state index in [0.717, 1.165) is 63.5 Å². The number of rotatable bonds is 5. The summed E-state index contributed by atoms with van der Waals surface area (Å²) in [5, 5.41) is 4.04. The first-order valence-corrected chi connectivity index (χ1v) is 12.4. The van der Waals surface area contributed by atoms with Crippen LogP contribution in [0.5, 0.6) is 5.75 Å². The third-order valence-corrected chi connectivity index (χ3v) is 7.44. The van der Waals surface area contributed by atoms with Crippen LogP contribution in [0.15, 0.2) is 46.2 Å². The summed E-state index contributed by atoms with van der Waals surface area (Å²) < 4.78 is 8.67. The van der Waals surface area contributed by atoms with E-state index in [-0.39, 0.29) is 18.2 Å². The van der Waals surface area contributed by atoms with Gasteiger partial charge in [-0.1, -0.05) is 11.6 Å². The average Bonchev–Trinajstić information content (AvgIpc) is 3.24. The summed E-state index contributed by atoms with van der Waals surface area (Å²) in [7, 11) is 0. The molecule has 0 unspecified atom stereocenters. The Hall–Kier alpha value is -2.94. The maximum atomic E-state index is 12.5. The average molecular weight is 497 g/mol. The molecule has 1 aliphatic rings. The van der Waals surface area contributed by atoms with E-state index < -0.39 is 5.69 Å². The van der Waals surface area contributed by atoms with Crippen molar-refractivity contribution >= 4 is 33.2 Å². The molecule has 7 nitrogen and oxygen atoms in total. The van der Waals surface area contributed by atoms with Gasteiger partial charge in [0, 0.05) is 45.5 Å². The fraction of sp³-hybridized carbons (Fsp3) is 0.320. The van der Waals surface area contributed by atoms with Crippen molar-refractivity contribution in [3.63, 3.8) is 0 Å². The van der Waals surface area contributed by atoms with E-state index in [4.69, 9.17) is 16.3 Å². The van der Waals surface area contributed by atoms with Crippen LogP contribution >= 0.6 is 22.9 Å². The molecule has 0 spiro atoms. The fourth-order valence-corrected chi connectivity index (χ4v) is 5.77. The highest BCUT2D eigenvalue weighted by Crippen LogP contribution is 2.42. The quantitative estimate of drug-likeness (QED) is 0.431. The first kappa shape index (κ1) is 22.8. The van der Waals surface area contributed by atoms with Gasteiger partial charge in [-0.15, -0.1) is 11.3 Å². The van der Waals surface area contributed by atoms with Gasteiger partial charge >= 0.3 is 5.69 Å². The molecule has 1 aliphatic heterocycles. The molecule has 4 aromatic rings. The highest BCUT2D eigenvalue weighted by Gasteiger charge is 2.21. The van der Waals surface area contributed by atoms with E-state index >= 15 is 0 Å². The van der Waals surface area contributed by atoms with Crippen LogP contribution in [-0.2, 0) is 6.54 Å². The molecule has 0 amide bonds. The number of H-pyrrole nitrogens is 1. The second kappa shape index (κ2) is 9.37. The van der Waals surface area contributed by atoms with Crippen LogP contribution in [0.3, 0.4) is 0 Å². The largest absolute Gasteiger partial charge is 0.488 e. The van der Waals surface area contributed by atoms with Crippen LogP contribution < -0.4 is 21.3 Å². The minimum atomic E-state index is -0.427. The van der Waals surface area contributed by atoms with Gasteiger partial charge in [-0.2, -0.15) is 0 Å². The molecule has 0 aliphatic carbocycles. The fourth-order valence-electron chi connectivity index (χ4n) is 4.37. The van der Waals surface area contributed by atoms with Crippen LogP contribution in [-0.4, -0.2) is 33.7 Å². The van der Waals surface area contributed by atoms with E-state index in [1.165, 1.54) is 22.1 Å². The number of piperidine rings is 1. The van der Waals surface area contributed by atoms with Crippen molar-refractivity contribution in [2.45, 2.75) is 39.3 Å². The Morgan fingerprint density at radius 2 is 2.06 bits per heavy atom. The van der Waals surface area contributed by atoms with Gasteiger partial charge < -0.3 is 15.0 Å². The summed E-state index contributed by atoms with van der Waals surface area (Å²) in [6.45, 7) is 5.71. The lowest BCUT2D eigenvalue weighted by Gasteiger charge is -2.26. The number of pyridine rings is 1. The lowest BCUT2D eigenvalue weighted by molar-refractivity contribution is 0.167. The topological polar surface area (TPSA) is 89.0 Å². The number of aryl methyl sites for hydroxylation is 2. The minimum Gasteiger partial charge on any atom is -0.488 e. The molecule has 4 heterocycles. The van der Waals surface area contributed by atoms with Crippen molar-refractivity contribution in [1.29, 1.82) is 0 Å². The molecule has 5 rings (SSSR count). The molecule has 1 atom stereocenters. The van der Waals surface area contributed by atoms with Crippen LogP contribution in [0.4, 0.5) is 0 Å². The third kappa shape index (κ3) is 4.41. The number of hydrogen-bond donors (Lipinski definition) is 2. The van der Waals surface area contributed by atoms with Gasteiger partial charge in [-0.3, -0.25) is 14.3 Å². The third-order valence-electron chi connectivity index (χ3n) is 6.08. The van der Waals surface area contributed by atoms with E-state index in [2.05, 4.69) is 15.3 Å². The van der Waals surface area contributed by atoms with Gasteiger partial charge in [-0.25, -0.2) is 4.79 Å². The maximum Gasteiger partial charge on any atom is 0.328 e. The number of benzene rings is 1. The summed E-state index contributed by atoms with van der Waals surface area (Å²) in [4.78, 5) is 32.8. The van der Waals surface area contributed by atoms with E-state index in [0.29, 0.717) is 10.6 Å². The molecular formula is C25H25ClN4O3S. The number of thiophene rings is 1. The van der Waals surface area contributed by atoms with E-state index in [9.17, 15) is 9.59 Å². The van der Waals surface area contributed by atoms with Crippen LogP contribution in [0, 0.1) is 13.8 Å². The maximum absolute atomic E-state index is 12.5. The zero-order chi connectivity index (χ0) is 23.8. The summed E-state index contributed by atoms with van der Waals surface area (Å²) in [5.74, 6) is 0.826. The molecule has 1 saturated heterocycles. The number of nitrogens with zero attached hydrogens (tertiary/aromatic N) is 2. The Morgan fingerprint density at radius 3 is 2.85 bits per heavy atom. The van der Waals surface area contributed by atoms with Gasteiger partial charge in [0.2, 0.25) is 0 Å². The number of ether oxygens (including phenoxy) is 1. The number of halogens is 1. The molecule has 1 fully saturated rings. The molecule has 0 radical (unpaired) electrons. The molecule has 9 heteroatoms. The van der Waals surface area contributed by atoms with Crippen molar-refractivity contribution in [1.82, 2.24) is 19.9 Å². The summed E-state index contributed by atoms with van der Waals surface area (Å²) in [5.41, 5.74) is 3.44. The number of aromatic amines is 1. The Morgan fingerprint density at radius 1 is 1.21 bits per heavy atom. The van der Waals surface area contributed by atoms with Crippen LogP contribution in [0.25, 0.3) is 21.3 Å². The van der Waals surface area contributed by atoms with Gasteiger partial charge in [-0.05, 0) is 63.1 Å². The van der Waals surface area contributed by atoms with Crippen LogP contribution in [0.2, 0.25) is 5.02 Å². The minimum absolute atomic E-state index is 0.100. The standard InChI is InChI=1S/C25H25ClN4O3S/c1-14-8-16(26)9-20(22(14)33-17-4-3-6-27-12-17)19-5-7-28-21-10-18(34-23(19)21)13-30-24(31)15(2)11-29-25(30)32/h5,7-11,17,27H,3-4,6,12-13H2,1-2H3,(H,29,32)/t17-/m0/s1. The molecule has 1 aromatic carbocycles. The van der Waals surface area contributed by atoms with Crippen molar-refractivity contribution in [2.75, 3.05) is 13.1 Å². The summed E-state index contributed by atoms with van der Waals surface area (Å²) >= 11 is 7.99. The number of nitrogens with one attached hydrogen (secondary N) is 2. The number of hydrogen-bond acceptors (Lipinski definition) is 6. The predicted molar refractivity (Wildman–Crippen MR) is 136 cm³/mol. The Bertz CT molecular complexity index is 1480. The smallest absolute Gasteiger partial charge is 0.328 e. The Labute approximate surface area is 205 Å². The highest BCUT2D eigenvalue weighted by molar-refractivity contribution is 7.19. The predicted octanol–water partition coefficient (Wildman–Crippen LogP) is 4.26. The van der Waals surface area contributed by atoms with Crippen molar-refractivity contribution in [3.05, 3.63) is 78.5 Å². The van der Waals surface area contributed by atoms with Crippen LogP contribution in [0.1, 0.15) is 28.8 Å². The van der Waals surface area contributed by atoms with Crippen molar-refractivity contribution < 1.29 is 4.74 Å². The second-order valence-electron chi connectivity index (χ2n) is 8.64. The first-order chi connectivity index (χ1) is 16.4. The van der Waals surface area contributed by atoms with Gasteiger partial charge in [0.25, 0.3) is 5.56 Å². The molecule has 176 valence electrons.